The molecule has 0 N–H and O–H groups in total. The minimum Gasteiger partial charge on any atom is -0.493 e. The Balaban J connectivity index is 1.56. The Labute approximate surface area is 286 Å². The Morgan fingerprint density at radius 3 is 2.15 bits per heavy atom. The van der Waals surface area contributed by atoms with Gasteiger partial charge < -0.3 is 14.5 Å². The van der Waals surface area contributed by atoms with E-state index >= 15 is 0 Å². The fourth-order valence-electron chi connectivity index (χ4n) is 5.77. The van der Waals surface area contributed by atoms with Crippen molar-refractivity contribution in [1.29, 1.82) is 5.26 Å². The maximum Gasteiger partial charge on any atom is 0.416 e. The molecule has 14 heteroatoms. The molecule has 1 saturated heterocycles. The third kappa shape index (κ3) is 7.70. The van der Waals surface area contributed by atoms with Crippen LogP contribution in [0.1, 0.15) is 41.3 Å². The summed E-state index contributed by atoms with van der Waals surface area (Å²) in [6.07, 6.45) is -4.61. The van der Waals surface area contributed by atoms with E-state index in [2.05, 4.69) is 0 Å². The molecule has 5 rings (SSSR count). The highest BCUT2D eigenvalue weighted by atomic mass is 35.5. The number of nitriles is 1. The Morgan fingerprint density at radius 1 is 0.979 bits per heavy atom. The zero-order valence-corrected chi connectivity index (χ0v) is 27.8. The van der Waals surface area contributed by atoms with Gasteiger partial charge in [0, 0.05) is 43.3 Å². The fourth-order valence-corrected chi connectivity index (χ4v) is 6.02. The first-order valence-corrected chi connectivity index (χ1v) is 16.0. The summed E-state index contributed by atoms with van der Waals surface area (Å²) in [4.78, 5) is 38.7. The molecule has 2 aliphatic rings. The molecule has 2 unspecified atom stereocenters. The number of aliphatic imine (C=N–C) groups is 1. The molecule has 0 aromatic heterocycles. The van der Waals surface area contributed by atoms with Crippen molar-refractivity contribution < 1.29 is 27.5 Å². The van der Waals surface area contributed by atoms with Gasteiger partial charge in [0.2, 0.25) is 5.91 Å². The van der Waals surface area contributed by atoms with Gasteiger partial charge in [0.25, 0.3) is 0 Å². The number of amidine groups is 1. The van der Waals surface area contributed by atoms with E-state index in [9.17, 15) is 22.8 Å². The van der Waals surface area contributed by atoms with Gasteiger partial charge in [0.15, 0.2) is 0 Å². The minimum absolute atomic E-state index is 0.0249. The third-order valence-corrected chi connectivity index (χ3v) is 8.78. The van der Waals surface area contributed by atoms with E-state index in [1.807, 2.05) is 11.0 Å². The van der Waals surface area contributed by atoms with Crippen LogP contribution < -0.4 is 4.74 Å². The number of nitrogens with zero attached hydrogens (tertiary/aromatic N) is 6. The first-order chi connectivity index (χ1) is 22.9. The number of benzene rings is 3. The van der Waals surface area contributed by atoms with Crippen molar-refractivity contribution in [3.63, 3.8) is 0 Å². The molecule has 0 aliphatic carbocycles. The largest absolute Gasteiger partial charge is 0.493 e. The second-order valence-corrected chi connectivity index (χ2v) is 12.3. The van der Waals surface area contributed by atoms with E-state index in [1.165, 1.54) is 15.9 Å². The monoisotopic (exact) mass is 700 g/mol. The van der Waals surface area contributed by atoms with Crippen LogP contribution in [0.3, 0.4) is 0 Å². The number of urea groups is 1. The summed E-state index contributed by atoms with van der Waals surface area (Å²) in [5.41, 5.74) is 0.794. The first-order valence-electron chi connectivity index (χ1n) is 15.3. The molecule has 0 bridgehead atoms. The lowest BCUT2D eigenvalue weighted by Crippen LogP contribution is -2.55. The van der Waals surface area contributed by atoms with Gasteiger partial charge in [-0.1, -0.05) is 47.5 Å². The lowest BCUT2D eigenvalue weighted by atomic mass is 9.93. The SMILES string of the molecule is CCOc1cc(C(F)(F)F)ccc1C1=NC(c2ccc(Cl)cc2)C(c2ccc(Cl)cc2)N1C(=O)N1CCN(CC(=O)N(C)CC#N)CC1. The molecule has 3 amide bonds. The quantitative estimate of drug-likeness (QED) is 0.245. The number of piperazine rings is 1. The van der Waals surface area contributed by atoms with Crippen LogP contribution >= 0.6 is 23.2 Å². The molecule has 0 saturated carbocycles. The Kier molecular flexibility index (Phi) is 10.8. The molecular weight excluding hydrogens is 668 g/mol. The van der Waals surface area contributed by atoms with Crippen molar-refractivity contribution in [3.8, 4) is 11.8 Å². The van der Waals surface area contributed by atoms with Gasteiger partial charge in [-0.2, -0.15) is 18.4 Å². The molecule has 0 spiro atoms. The summed E-state index contributed by atoms with van der Waals surface area (Å²) in [5.74, 6) is -0.0993. The highest BCUT2D eigenvalue weighted by Crippen LogP contribution is 2.46. The lowest BCUT2D eigenvalue weighted by Gasteiger charge is -2.39. The van der Waals surface area contributed by atoms with E-state index < -0.39 is 29.9 Å². The number of amides is 3. The highest BCUT2D eigenvalue weighted by Gasteiger charge is 2.45. The number of likely N-dealkylation sites (N-methyl/N-ethyl adjacent to an activating group) is 1. The normalized spacial score (nSPS) is 18.3. The summed E-state index contributed by atoms with van der Waals surface area (Å²) in [5, 5.41) is 9.93. The van der Waals surface area contributed by atoms with Crippen molar-refractivity contribution in [2.75, 3.05) is 52.9 Å². The lowest BCUT2D eigenvalue weighted by molar-refractivity contribution is -0.137. The van der Waals surface area contributed by atoms with Crippen molar-refractivity contribution >= 4 is 41.0 Å². The van der Waals surface area contributed by atoms with E-state index in [0.717, 1.165) is 17.7 Å². The molecule has 3 aromatic carbocycles. The fraction of sp³-hybridized carbons (Fsp3) is 0.353. The van der Waals surface area contributed by atoms with Crippen molar-refractivity contribution in [2.24, 2.45) is 4.99 Å². The summed E-state index contributed by atoms with van der Waals surface area (Å²) >= 11 is 12.4. The summed E-state index contributed by atoms with van der Waals surface area (Å²) in [6, 6.07) is 17.4. The van der Waals surface area contributed by atoms with Crippen LogP contribution in [0.15, 0.2) is 71.7 Å². The predicted molar refractivity (Wildman–Crippen MR) is 176 cm³/mol. The number of halogens is 5. The zero-order valence-electron chi connectivity index (χ0n) is 26.3. The van der Waals surface area contributed by atoms with E-state index in [0.29, 0.717) is 28.7 Å². The van der Waals surface area contributed by atoms with Gasteiger partial charge in [0.1, 0.15) is 24.2 Å². The van der Waals surface area contributed by atoms with Crippen molar-refractivity contribution in [1.82, 2.24) is 19.6 Å². The molecule has 2 atom stereocenters. The first kappa shape index (κ1) is 35.0. The Hall–Kier alpha value is -4.31. The average Bonchev–Trinajstić information content (AvgIpc) is 3.45. The van der Waals surface area contributed by atoms with Gasteiger partial charge >= 0.3 is 12.2 Å². The predicted octanol–water partition coefficient (Wildman–Crippen LogP) is 6.68. The second-order valence-electron chi connectivity index (χ2n) is 11.4. The Morgan fingerprint density at radius 2 is 1.58 bits per heavy atom. The maximum atomic E-state index is 14.7. The van der Waals surface area contributed by atoms with E-state index in [4.69, 9.17) is 38.2 Å². The topological polar surface area (TPSA) is 92.5 Å². The number of carbonyl (C=O) groups excluding carboxylic acids is 2. The van der Waals surface area contributed by atoms with Crippen molar-refractivity contribution in [2.45, 2.75) is 25.2 Å². The van der Waals surface area contributed by atoms with Crippen LogP contribution in [-0.4, -0.2) is 90.3 Å². The number of ether oxygens (including phenoxy) is 1. The summed E-state index contributed by atoms with van der Waals surface area (Å²) in [7, 11) is 1.56. The molecule has 0 radical (unpaired) electrons. The molecule has 48 heavy (non-hydrogen) atoms. The molecule has 2 heterocycles. The maximum absolute atomic E-state index is 14.7. The van der Waals surface area contributed by atoms with Crippen LogP contribution in [0.2, 0.25) is 10.0 Å². The van der Waals surface area contributed by atoms with E-state index in [-0.39, 0.29) is 55.8 Å². The van der Waals surface area contributed by atoms with Crippen molar-refractivity contribution in [3.05, 3.63) is 99.0 Å². The number of rotatable bonds is 8. The molecule has 9 nitrogen and oxygen atoms in total. The zero-order chi connectivity index (χ0) is 34.6. The van der Waals surface area contributed by atoms with Crippen LogP contribution in [-0.2, 0) is 11.0 Å². The standard InChI is InChI=1S/C34H33Cl2F3N6O3/c1-3-48-28-20-24(34(37,38)39)8-13-27(28)32-41-30(22-4-9-25(35)10-5-22)31(23-6-11-26(36)12-7-23)45(32)33(47)44-18-16-43(17-19-44)21-29(46)42(2)15-14-40/h4-13,20,30-31H,3,15-19,21H2,1-2H3. The molecule has 1 fully saturated rings. The molecular formula is C34H33Cl2F3N6O3. The van der Waals surface area contributed by atoms with Crippen LogP contribution in [0.25, 0.3) is 0 Å². The van der Waals surface area contributed by atoms with E-state index in [1.54, 1.807) is 67.4 Å². The number of alkyl halides is 3. The summed E-state index contributed by atoms with van der Waals surface area (Å²) < 4.78 is 47.0. The van der Waals surface area contributed by atoms with Crippen LogP contribution in [0.4, 0.5) is 18.0 Å². The minimum atomic E-state index is -4.61. The average molecular weight is 702 g/mol. The van der Waals surface area contributed by atoms with Gasteiger partial charge in [0.05, 0.1) is 36.4 Å². The van der Waals surface area contributed by atoms with Gasteiger partial charge in [-0.25, -0.2) is 4.79 Å². The third-order valence-electron chi connectivity index (χ3n) is 8.28. The summed E-state index contributed by atoms with van der Waals surface area (Å²) in [6.45, 7) is 3.18. The second kappa shape index (κ2) is 14.8. The molecule has 2 aliphatic heterocycles. The number of carbonyl (C=O) groups is 2. The van der Waals surface area contributed by atoms with Crippen LogP contribution in [0.5, 0.6) is 5.75 Å². The highest BCUT2D eigenvalue weighted by molar-refractivity contribution is 6.30. The number of hydrogen-bond donors (Lipinski definition) is 0. The Bertz CT molecular complexity index is 1700. The molecule has 3 aromatic rings. The molecule has 252 valence electrons. The van der Waals surface area contributed by atoms with Gasteiger partial charge in [-0.15, -0.1) is 0 Å². The smallest absolute Gasteiger partial charge is 0.416 e. The van der Waals surface area contributed by atoms with Gasteiger partial charge in [-0.3, -0.25) is 19.6 Å². The van der Waals surface area contributed by atoms with Gasteiger partial charge in [-0.05, 0) is 60.5 Å². The number of hydrogen-bond acceptors (Lipinski definition) is 6. The van der Waals surface area contributed by atoms with Crippen LogP contribution in [0, 0.1) is 11.3 Å².